The molecule has 1 amide bonds. The van der Waals surface area contributed by atoms with Crippen LogP contribution in [0.3, 0.4) is 0 Å². The number of anilines is 1. The van der Waals surface area contributed by atoms with Crippen molar-refractivity contribution in [3.8, 4) is 11.5 Å². The molecule has 0 saturated heterocycles. The highest BCUT2D eigenvalue weighted by atomic mass is 16.5. The van der Waals surface area contributed by atoms with Crippen molar-refractivity contribution in [1.82, 2.24) is 20.3 Å². The number of aromatic nitrogens is 3. The first-order valence-electron chi connectivity index (χ1n) is 11.8. The number of carbonyl (C=O) groups is 1. The zero-order valence-corrected chi connectivity index (χ0v) is 21.3. The van der Waals surface area contributed by atoms with Crippen molar-refractivity contribution in [2.45, 2.75) is 20.3 Å². The highest BCUT2D eigenvalue weighted by Gasteiger charge is 2.09. The van der Waals surface area contributed by atoms with Crippen molar-refractivity contribution < 1.29 is 14.3 Å². The van der Waals surface area contributed by atoms with Crippen LogP contribution in [0.2, 0.25) is 0 Å². The summed E-state index contributed by atoms with van der Waals surface area (Å²) in [5.41, 5.74) is 4.62. The van der Waals surface area contributed by atoms with Gasteiger partial charge in [-0.3, -0.25) is 20.4 Å². The Balaban J connectivity index is 1.50. The standard InChI is InChI=1S/C28H30N6O3/c1-18-15-19(2)32-28(31-18)34-27(33-26(35)12-7-20-5-8-22(36-3)9-6-20)29-14-13-21-17-30-25-11-10-23(37-4)16-24(21)25/h5-12,15-17,30H,13-14H2,1-4H3,(H2,29,31,32,33,34,35). The number of aromatic amines is 1. The number of H-pyrrole nitrogens is 1. The highest BCUT2D eigenvalue weighted by molar-refractivity contribution is 6.08. The van der Waals surface area contributed by atoms with Gasteiger partial charge in [-0.05, 0) is 73.9 Å². The van der Waals surface area contributed by atoms with E-state index in [2.05, 4.69) is 30.6 Å². The molecule has 4 aromatic rings. The SMILES string of the molecule is COc1ccc(C=CC(=O)NC(=NCCc2c[nH]c3ccc(OC)cc23)Nc2nc(C)cc(C)n2)cc1. The summed E-state index contributed by atoms with van der Waals surface area (Å²) in [6.45, 7) is 4.20. The van der Waals surface area contributed by atoms with Crippen LogP contribution in [0, 0.1) is 13.8 Å². The first-order valence-corrected chi connectivity index (χ1v) is 11.8. The van der Waals surface area contributed by atoms with Crippen LogP contribution >= 0.6 is 0 Å². The molecule has 0 aliphatic heterocycles. The van der Waals surface area contributed by atoms with Gasteiger partial charge in [0.25, 0.3) is 5.91 Å². The van der Waals surface area contributed by atoms with E-state index in [9.17, 15) is 4.79 Å². The number of hydrogen-bond acceptors (Lipinski definition) is 6. The average molecular weight is 499 g/mol. The fourth-order valence-corrected chi connectivity index (χ4v) is 3.82. The van der Waals surface area contributed by atoms with E-state index in [0.29, 0.717) is 18.9 Å². The Kier molecular flexibility index (Phi) is 8.15. The van der Waals surface area contributed by atoms with Gasteiger partial charge in [-0.2, -0.15) is 0 Å². The second-order valence-corrected chi connectivity index (χ2v) is 8.40. The molecule has 0 aliphatic carbocycles. The van der Waals surface area contributed by atoms with E-state index < -0.39 is 0 Å². The molecule has 2 heterocycles. The molecule has 0 radical (unpaired) electrons. The Morgan fingerprint density at radius 1 is 1.00 bits per heavy atom. The van der Waals surface area contributed by atoms with Gasteiger partial charge >= 0.3 is 0 Å². The number of nitrogens with one attached hydrogen (secondary N) is 3. The van der Waals surface area contributed by atoms with Crippen LogP contribution in [0.25, 0.3) is 17.0 Å². The molecule has 4 rings (SSSR count). The molecule has 2 aromatic heterocycles. The fourth-order valence-electron chi connectivity index (χ4n) is 3.82. The molecule has 2 aromatic carbocycles. The third-order valence-corrected chi connectivity index (χ3v) is 5.62. The van der Waals surface area contributed by atoms with Crippen LogP contribution in [0.15, 0.2) is 65.8 Å². The van der Waals surface area contributed by atoms with Crippen LogP contribution in [0.1, 0.15) is 22.5 Å². The number of methoxy groups -OCH3 is 2. The maximum Gasteiger partial charge on any atom is 0.250 e. The van der Waals surface area contributed by atoms with Gasteiger partial charge in [-0.1, -0.05) is 12.1 Å². The minimum absolute atomic E-state index is 0.270. The summed E-state index contributed by atoms with van der Waals surface area (Å²) in [4.78, 5) is 29.4. The van der Waals surface area contributed by atoms with Gasteiger partial charge < -0.3 is 14.5 Å². The lowest BCUT2D eigenvalue weighted by Gasteiger charge is -2.10. The number of aliphatic imine (C=N–C) groups is 1. The Bertz CT molecular complexity index is 1420. The van der Waals surface area contributed by atoms with Gasteiger partial charge in [0.05, 0.1) is 14.2 Å². The zero-order valence-electron chi connectivity index (χ0n) is 21.3. The molecule has 37 heavy (non-hydrogen) atoms. The van der Waals surface area contributed by atoms with Crippen molar-refractivity contribution in [3.05, 3.63) is 83.3 Å². The predicted molar refractivity (Wildman–Crippen MR) is 146 cm³/mol. The summed E-state index contributed by atoms with van der Waals surface area (Å²) >= 11 is 0. The van der Waals surface area contributed by atoms with Gasteiger partial charge in [-0.15, -0.1) is 0 Å². The first-order chi connectivity index (χ1) is 17.9. The third-order valence-electron chi connectivity index (χ3n) is 5.62. The summed E-state index contributed by atoms with van der Waals surface area (Å²) < 4.78 is 10.5. The number of benzene rings is 2. The van der Waals surface area contributed by atoms with E-state index in [1.54, 1.807) is 20.3 Å². The lowest BCUT2D eigenvalue weighted by Crippen LogP contribution is -2.35. The van der Waals surface area contributed by atoms with Gasteiger partial charge in [0, 0.05) is 41.1 Å². The largest absolute Gasteiger partial charge is 0.497 e. The van der Waals surface area contributed by atoms with E-state index in [-0.39, 0.29) is 11.9 Å². The topological polar surface area (TPSA) is 114 Å². The molecule has 0 atom stereocenters. The predicted octanol–water partition coefficient (Wildman–Crippen LogP) is 4.43. The Morgan fingerprint density at radius 3 is 2.41 bits per heavy atom. The minimum Gasteiger partial charge on any atom is -0.497 e. The van der Waals surface area contributed by atoms with Gasteiger partial charge in [0.15, 0.2) is 0 Å². The molecule has 0 unspecified atom stereocenters. The number of ether oxygens (including phenoxy) is 2. The lowest BCUT2D eigenvalue weighted by atomic mass is 10.1. The van der Waals surface area contributed by atoms with E-state index in [0.717, 1.165) is 44.9 Å². The number of rotatable bonds is 8. The number of amides is 1. The number of guanidine groups is 1. The summed E-state index contributed by atoms with van der Waals surface area (Å²) in [7, 11) is 3.26. The molecule has 0 aliphatic rings. The summed E-state index contributed by atoms with van der Waals surface area (Å²) in [6, 6.07) is 15.2. The third kappa shape index (κ3) is 6.94. The average Bonchev–Trinajstić information content (AvgIpc) is 3.29. The molecular formula is C28H30N6O3. The van der Waals surface area contributed by atoms with Crippen LogP contribution in [-0.4, -0.2) is 47.6 Å². The molecule has 190 valence electrons. The summed E-state index contributed by atoms with van der Waals surface area (Å²) in [5, 5.41) is 6.95. The van der Waals surface area contributed by atoms with Crippen LogP contribution in [0.5, 0.6) is 11.5 Å². The van der Waals surface area contributed by atoms with E-state index in [1.165, 1.54) is 6.08 Å². The monoisotopic (exact) mass is 498 g/mol. The van der Waals surface area contributed by atoms with Crippen LogP contribution in [0.4, 0.5) is 5.95 Å². The Hall–Kier alpha value is -4.66. The molecule has 9 nitrogen and oxygen atoms in total. The van der Waals surface area contributed by atoms with Crippen LogP contribution in [-0.2, 0) is 11.2 Å². The Labute approximate surface area is 215 Å². The minimum atomic E-state index is -0.330. The number of carbonyl (C=O) groups excluding carboxylic acids is 1. The molecule has 9 heteroatoms. The van der Waals surface area contributed by atoms with Crippen molar-refractivity contribution >= 4 is 34.8 Å². The smallest absolute Gasteiger partial charge is 0.250 e. The fraction of sp³-hybridized carbons (Fsp3) is 0.214. The number of hydrogen-bond donors (Lipinski definition) is 3. The van der Waals surface area contributed by atoms with E-state index in [4.69, 9.17) is 9.47 Å². The first kappa shape index (κ1) is 25.4. The summed E-state index contributed by atoms with van der Waals surface area (Å²) in [5.74, 6) is 1.85. The number of aryl methyl sites for hydroxylation is 2. The van der Waals surface area contributed by atoms with Gasteiger partial charge in [0.2, 0.25) is 11.9 Å². The van der Waals surface area contributed by atoms with Crippen molar-refractivity contribution in [2.24, 2.45) is 4.99 Å². The van der Waals surface area contributed by atoms with Crippen LogP contribution < -0.4 is 20.1 Å². The molecule has 0 fully saturated rings. The molecular weight excluding hydrogens is 468 g/mol. The molecule has 0 saturated carbocycles. The molecule has 0 spiro atoms. The second kappa shape index (κ2) is 11.9. The summed E-state index contributed by atoms with van der Waals surface area (Å²) in [6.07, 6.45) is 5.80. The lowest BCUT2D eigenvalue weighted by molar-refractivity contribution is -0.115. The van der Waals surface area contributed by atoms with Crippen molar-refractivity contribution in [2.75, 3.05) is 26.1 Å². The van der Waals surface area contributed by atoms with E-state index >= 15 is 0 Å². The van der Waals surface area contributed by atoms with Crippen molar-refractivity contribution in [3.63, 3.8) is 0 Å². The normalized spacial score (nSPS) is 11.6. The zero-order chi connectivity index (χ0) is 26.2. The Morgan fingerprint density at radius 2 is 1.70 bits per heavy atom. The maximum atomic E-state index is 12.7. The van der Waals surface area contributed by atoms with Gasteiger partial charge in [-0.25, -0.2) is 9.97 Å². The quantitative estimate of drug-likeness (QED) is 0.188. The van der Waals surface area contributed by atoms with E-state index in [1.807, 2.05) is 68.6 Å². The van der Waals surface area contributed by atoms with Crippen molar-refractivity contribution in [1.29, 1.82) is 0 Å². The molecule has 0 bridgehead atoms. The second-order valence-electron chi connectivity index (χ2n) is 8.40. The molecule has 3 N–H and O–H groups in total. The highest BCUT2D eigenvalue weighted by Crippen LogP contribution is 2.24. The van der Waals surface area contributed by atoms with Gasteiger partial charge in [0.1, 0.15) is 11.5 Å². The number of nitrogens with zero attached hydrogens (tertiary/aromatic N) is 3. The maximum absolute atomic E-state index is 12.7. The number of fused-ring (bicyclic) bond motifs is 1.